The van der Waals surface area contributed by atoms with Crippen molar-refractivity contribution in [1.29, 1.82) is 0 Å². The summed E-state index contributed by atoms with van der Waals surface area (Å²) in [5.41, 5.74) is 8.21. The molecule has 1 heterocycles. The number of alkyl carbamates (subject to hydrolysis) is 1. The molecule has 0 unspecified atom stereocenters. The summed E-state index contributed by atoms with van der Waals surface area (Å²) >= 11 is 0. The number of likely N-dealkylation sites (tertiary alicyclic amines) is 1. The van der Waals surface area contributed by atoms with Gasteiger partial charge < -0.3 is 26.0 Å². The van der Waals surface area contributed by atoms with E-state index in [-0.39, 0.29) is 18.4 Å². The molecule has 1 atom stereocenters. The normalized spacial score (nSPS) is 15.9. The van der Waals surface area contributed by atoms with Crippen LogP contribution in [0.4, 0.5) is 10.5 Å². The van der Waals surface area contributed by atoms with E-state index in [1.807, 2.05) is 54.6 Å². The zero-order valence-electron chi connectivity index (χ0n) is 18.9. The van der Waals surface area contributed by atoms with Crippen LogP contribution in [0.1, 0.15) is 37.8 Å². The molecular weight excluding hydrogens is 404 g/mol. The second-order valence-corrected chi connectivity index (χ2v) is 8.54. The Kier molecular flexibility index (Phi) is 8.64. The van der Waals surface area contributed by atoms with Gasteiger partial charge in [0.15, 0.2) is 0 Å². The van der Waals surface area contributed by atoms with Crippen molar-refractivity contribution >= 4 is 17.7 Å². The molecule has 0 radical (unpaired) electrons. The van der Waals surface area contributed by atoms with Crippen LogP contribution in [0, 0.1) is 5.92 Å². The van der Waals surface area contributed by atoms with Crippen LogP contribution >= 0.6 is 0 Å². The van der Waals surface area contributed by atoms with E-state index in [4.69, 9.17) is 10.5 Å². The molecule has 0 aliphatic carbocycles. The van der Waals surface area contributed by atoms with E-state index in [1.165, 1.54) is 0 Å². The molecule has 1 aliphatic heterocycles. The Balaban J connectivity index is 1.67. The van der Waals surface area contributed by atoms with Crippen LogP contribution in [0.15, 0.2) is 54.6 Å². The largest absolute Gasteiger partial charge is 0.445 e. The van der Waals surface area contributed by atoms with Gasteiger partial charge in [0.25, 0.3) is 0 Å². The first kappa shape index (κ1) is 23.8. The van der Waals surface area contributed by atoms with Crippen molar-refractivity contribution in [1.82, 2.24) is 10.2 Å². The molecule has 0 saturated carbocycles. The van der Waals surface area contributed by atoms with Gasteiger partial charge in [0, 0.05) is 18.3 Å². The number of hydrogen-bond donors (Lipinski definition) is 3. The lowest BCUT2D eigenvalue weighted by Gasteiger charge is -2.37. The Morgan fingerprint density at radius 2 is 1.75 bits per heavy atom. The molecule has 0 bridgehead atoms. The number of nitrogens with one attached hydrogen (secondary N) is 2. The minimum Gasteiger partial charge on any atom is -0.445 e. The van der Waals surface area contributed by atoms with Crippen LogP contribution in [-0.4, -0.2) is 42.1 Å². The van der Waals surface area contributed by atoms with Gasteiger partial charge in [0.2, 0.25) is 5.91 Å². The van der Waals surface area contributed by atoms with Crippen molar-refractivity contribution in [3.05, 3.63) is 65.7 Å². The van der Waals surface area contributed by atoms with Gasteiger partial charge in [0.05, 0.1) is 0 Å². The number of ether oxygens (including phenoxy) is 1. The maximum atomic E-state index is 13.2. The van der Waals surface area contributed by atoms with Gasteiger partial charge in [-0.25, -0.2) is 4.79 Å². The third kappa shape index (κ3) is 6.80. The lowest BCUT2D eigenvalue weighted by molar-refractivity contribution is -0.119. The average Bonchev–Trinajstić information content (AvgIpc) is 2.82. The quantitative estimate of drug-likeness (QED) is 0.586. The Morgan fingerprint density at radius 3 is 2.41 bits per heavy atom. The highest BCUT2D eigenvalue weighted by Crippen LogP contribution is 2.24. The van der Waals surface area contributed by atoms with E-state index >= 15 is 0 Å². The smallest absolute Gasteiger partial charge is 0.408 e. The van der Waals surface area contributed by atoms with Crippen LogP contribution in [0.2, 0.25) is 0 Å². The van der Waals surface area contributed by atoms with Crippen molar-refractivity contribution in [3.63, 3.8) is 0 Å². The zero-order chi connectivity index (χ0) is 22.9. The van der Waals surface area contributed by atoms with Crippen molar-refractivity contribution in [2.45, 2.75) is 51.9 Å². The summed E-state index contributed by atoms with van der Waals surface area (Å²) in [7, 11) is 0. The number of benzene rings is 2. The Bertz CT molecular complexity index is 880. The average molecular weight is 439 g/mol. The number of carbonyl (C=O) groups excluding carboxylic acids is 2. The van der Waals surface area contributed by atoms with Crippen molar-refractivity contribution in [2.24, 2.45) is 11.7 Å². The zero-order valence-corrected chi connectivity index (χ0v) is 18.9. The van der Waals surface area contributed by atoms with E-state index in [0.717, 1.165) is 37.1 Å². The third-order valence-electron chi connectivity index (χ3n) is 5.97. The number of piperidine rings is 1. The molecule has 1 fully saturated rings. The fraction of sp³-hybridized carbons (Fsp3) is 0.440. The van der Waals surface area contributed by atoms with Gasteiger partial charge >= 0.3 is 6.09 Å². The maximum Gasteiger partial charge on any atom is 0.408 e. The summed E-state index contributed by atoms with van der Waals surface area (Å²) in [4.78, 5) is 28.2. The maximum absolute atomic E-state index is 13.2. The molecule has 0 spiro atoms. The third-order valence-corrected chi connectivity index (χ3v) is 5.97. The SMILES string of the molecule is CC(C)N1CCC([C@H](NC(=O)OCc2ccccc2)C(=O)Nc2cccc(CN)c2)CC1. The summed E-state index contributed by atoms with van der Waals surface area (Å²) in [6.07, 6.45) is 1.08. The number of nitrogens with two attached hydrogens (primary N) is 1. The molecule has 0 aromatic heterocycles. The Morgan fingerprint density at radius 1 is 1.06 bits per heavy atom. The fourth-order valence-corrected chi connectivity index (χ4v) is 4.05. The molecule has 4 N–H and O–H groups in total. The van der Waals surface area contributed by atoms with Crippen molar-refractivity contribution in [2.75, 3.05) is 18.4 Å². The van der Waals surface area contributed by atoms with Gasteiger partial charge in [-0.2, -0.15) is 0 Å². The lowest BCUT2D eigenvalue weighted by atomic mass is 9.88. The highest BCUT2D eigenvalue weighted by atomic mass is 16.5. The summed E-state index contributed by atoms with van der Waals surface area (Å²) in [5.74, 6) is -0.203. The molecule has 7 nitrogen and oxygen atoms in total. The van der Waals surface area contributed by atoms with Gasteiger partial charge in [-0.15, -0.1) is 0 Å². The van der Waals surface area contributed by atoms with Gasteiger partial charge in [-0.1, -0.05) is 42.5 Å². The Labute approximate surface area is 190 Å². The minimum absolute atomic E-state index is 0.0342. The van der Waals surface area contributed by atoms with Crippen LogP contribution in [0.3, 0.4) is 0 Å². The number of hydrogen-bond acceptors (Lipinski definition) is 5. The second kappa shape index (κ2) is 11.6. The first-order valence-electron chi connectivity index (χ1n) is 11.3. The Hall–Kier alpha value is -2.90. The summed E-state index contributed by atoms with van der Waals surface area (Å²) in [6, 6.07) is 16.7. The second-order valence-electron chi connectivity index (χ2n) is 8.54. The summed E-state index contributed by atoms with van der Waals surface area (Å²) in [5, 5.41) is 5.78. The lowest BCUT2D eigenvalue weighted by Crippen LogP contribution is -2.52. The first-order chi connectivity index (χ1) is 15.5. The number of nitrogens with zero attached hydrogens (tertiary/aromatic N) is 1. The molecule has 2 aromatic carbocycles. The molecule has 172 valence electrons. The van der Waals surface area contributed by atoms with E-state index in [9.17, 15) is 9.59 Å². The van der Waals surface area contributed by atoms with E-state index in [0.29, 0.717) is 18.3 Å². The van der Waals surface area contributed by atoms with E-state index in [1.54, 1.807) is 0 Å². The molecule has 32 heavy (non-hydrogen) atoms. The molecule has 2 aromatic rings. The summed E-state index contributed by atoms with van der Waals surface area (Å²) < 4.78 is 5.39. The number of rotatable bonds is 8. The fourth-order valence-electron chi connectivity index (χ4n) is 4.05. The molecular formula is C25H34N4O3. The molecule has 3 rings (SSSR count). The molecule has 7 heteroatoms. The van der Waals surface area contributed by atoms with Gasteiger partial charge in [0.1, 0.15) is 12.6 Å². The monoisotopic (exact) mass is 438 g/mol. The van der Waals surface area contributed by atoms with Gasteiger partial charge in [-0.3, -0.25) is 4.79 Å². The number of amides is 2. The minimum atomic E-state index is -0.672. The predicted octanol–water partition coefficient (Wildman–Crippen LogP) is 3.50. The molecule has 1 aliphatic rings. The van der Waals surface area contributed by atoms with Crippen LogP contribution in [0.5, 0.6) is 0 Å². The number of anilines is 1. The van der Waals surface area contributed by atoms with E-state index in [2.05, 4.69) is 29.4 Å². The van der Waals surface area contributed by atoms with Crippen molar-refractivity contribution < 1.29 is 14.3 Å². The van der Waals surface area contributed by atoms with Crippen LogP contribution < -0.4 is 16.4 Å². The highest BCUT2D eigenvalue weighted by Gasteiger charge is 2.33. The van der Waals surface area contributed by atoms with E-state index < -0.39 is 12.1 Å². The van der Waals surface area contributed by atoms with Gasteiger partial charge in [-0.05, 0) is 69.0 Å². The summed E-state index contributed by atoms with van der Waals surface area (Å²) in [6.45, 7) is 6.70. The van der Waals surface area contributed by atoms with Crippen LogP contribution in [-0.2, 0) is 22.7 Å². The topological polar surface area (TPSA) is 96.7 Å². The first-order valence-corrected chi connectivity index (χ1v) is 11.3. The highest BCUT2D eigenvalue weighted by molar-refractivity contribution is 5.96. The number of carbonyl (C=O) groups is 2. The standard InChI is InChI=1S/C25H34N4O3/c1-18(2)29-13-11-21(12-14-29)23(24(30)27-22-10-6-9-20(15-22)16-26)28-25(31)32-17-19-7-4-3-5-8-19/h3-10,15,18,21,23H,11-14,16-17,26H2,1-2H3,(H,27,30)(H,28,31)/t23-/m0/s1. The molecule has 2 amide bonds. The van der Waals surface area contributed by atoms with Crippen molar-refractivity contribution in [3.8, 4) is 0 Å². The molecule has 1 saturated heterocycles. The van der Waals surface area contributed by atoms with Crippen LogP contribution in [0.25, 0.3) is 0 Å². The predicted molar refractivity (Wildman–Crippen MR) is 126 cm³/mol.